The zero-order valence-corrected chi connectivity index (χ0v) is 12.0. The summed E-state index contributed by atoms with van der Waals surface area (Å²) in [7, 11) is 1.40. The Morgan fingerprint density at radius 2 is 1.85 bits per heavy atom. The molecular weight excluding hydrogens is 332 g/mol. The molecule has 0 aliphatic carbocycles. The summed E-state index contributed by atoms with van der Waals surface area (Å²) in [5.74, 6) is -2.03. The van der Waals surface area contributed by atoms with Crippen LogP contribution in [0.25, 0.3) is 0 Å². The second-order valence-corrected chi connectivity index (χ2v) is 4.81. The molecule has 6 heteroatoms. The van der Waals surface area contributed by atoms with Crippen LogP contribution in [0.15, 0.2) is 40.9 Å². The van der Waals surface area contributed by atoms with Gasteiger partial charge in [-0.3, -0.25) is 4.79 Å². The molecule has 0 unspecified atom stereocenters. The fourth-order valence-corrected chi connectivity index (χ4v) is 1.99. The van der Waals surface area contributed by atoms with Crippen LogP contribution in [0.3, 0.4) is 0 Å². The third-order valence-electron chi connectivity index (χ3n) is 2.61. The number of halogens is 3. The number of ether oxygens (including phenoxy) is 1. The Kier molecular flexibility index (Phi) is 4.34. The zero-order chi connectivity index (χ0) is 14.7. The molecule has 0 saturated carbocycles. The largest absolute Gasteiger partial charge is 0.496 e. The highest BCUT2D eigenvalue weighted by Gasteiger charge is 2.16. The first-order valence-electron chi connectivity index (χ1n) is 5.62. The molecule has 0 aromatic heterocycles. The Balaban J connectivity index is 2.33. The predicted octanol–water partition coefficient (Wildman–Crippen LogP) is 3.99. The summed E-state index contributed by atoms with van der Waals surface area (Å²) >= 11 is 3.24. The minimum absolute atomic E-state index is 0.179. The van der Waals surface area contributed by atoms with Crippen molar-refractivity contribution in [1.29, 1.82) is 0 Å². The van der Waals surface area contributed by atoms with Gasteiger partial charge in [0, 0.05) is 4.47 Å². The van der Waals surface area contributed by atoms with Gasteiger partial charge < -0.3 is 10.1 Å². The number of carbonyl (C=O) groups excluding carboxylic acids is 1. The fraction of sp³-hybridized carbons (Fsp3) is 0.0714. The Morgan fingerprint density at radius 3 is 2.45 bits per heavy atom. The number of para-hydroxylation sites is 1. The minimum atomic E-state index is -0.838. The van der Waals surface area contributed by atoms with Crippen molar-refractivity contribution in [2.45, 2.75) is 0 Å². The lowest BCUT2D eigenvalue weighted by atomic mass is 10.2. The van der Waals surface area contributed by atoms with Crippen LogP contribution in [-0.4, -0.2) is 13.0 Å². The van der Waals surface area contributed by atoms with Crippen molar-refractivity contribution in [3.8, 4) is 5.75 Å². The van der Waals surface area contributed by atoms with Gasteiger partial charge in [-0.2, -0.15) is 0 Å². The highest BCUT2D eigenvalue weighted by Crippen LogP contribution is 2.25. The first-order valence-corrected chi connectivity index (χ1v) is 6.41. The van der Waals surface area contributed by atoms with Gasteiger partial charge in [0.1, 0.15) is 23.1 Å². The number of hydrogen-bond acceptors (Lipinski definition) is 2. The van der Waals surface area contributed by atoms with E-state index in [-0.39, 0.29) is 5.56 Å². The van der Waals surface area contributed by atoms with Crippen LogP contribution in [-0.2, 0) is 0 Å². The molecule has 0 radical (unpaired) electrons. The summed E-state index contributed by atoms with van der Waals surface area (Å²) in [6.45, 7) is 0. The molecule has 104 valence electrons. The second-order valence-electron chi connectivity index (χ2n) is 3.90. The lowest BCUT2D eigenvalue weighted by molar-refractivity contribution is 0.102. The van der Waals surface area contributed by atoms with E-state index in [1.54, 1.807) is 12.1 Å². The number of anilines is 1. The number of rotatable bonds is 3. The summed E-state index contributed by atoms with van der Waals surface area (Å²) in [6, 6.07) is 8.08. The molecule has 20 heavy (non-hydrogen) atoms. The fourth-order valence-electron chi connectivity index (χ4n) is 1.65. The van der Waals surface area contributed by atoms with Crippen LogP contribution in [0.5, 0.6) is 5.75 Å². The molecule has 0 spiro atoms. The van der Waals surface area contributed by atoms with E-state index < -0.39 is 23.2 Å². The molecule has 0 aliphatic rings. The van der Waals surface area contributed by atoms with E-state index >= 15 is 0 Å². The van der Waals surface area contributed by atoms with Gasteiger partial charge in [0.05, 0.1) is 12.7 Å². The highest BCUT2D eigenvalue weighted by molar-refractivity contribution is 9.10. The molecule has 1 amide bonds. The zero-order valence-electron chi connectivity index (χ0n) is 10.4. The molecule has 0 bridgehead atoms. The average Bonchev–Trinajstić information content (AvgIpc) is 2.42. The second kappa shape index (κ2) is 6.00. The van der Waals surface area contributed by atoms with E-state index in [2.05, 4.69) is 21.2 Å². The molecule has 0 saturated heterocycles. The van der Waals surface area contributed by atoms with Crippen molar-refractivity contribution in [3.63, 3.8) is 0 Å². The number of carbonyl (C=O) groups is 1. The van der Waals surface area contributed by atoms with Crippen LogP contribution in [0.2, 0.25) is 0 Å². The monoisotopic (exact) mass is 341 g/mol. The van der Waals surface area contributed by atoms with Crippen LogP contribution in [0.4, 0.5) is 14.5 Å². The van der Waals surface area contributed by atoms with Gasteiger partial charge in [-0.25, -0.2) is 8.78 Å². The van der Waals surface area contributed by atoms with Crippen LogP contribution in [0.1, 0.15) is 10.4 Å². The molecule has 3 nitrogen and oxygen atoms in total. The van der Waals surface area contributed by atoms with Crippen molar-refractivity contribution >= 4 is 27.5 Å². The van der Waals surface area contributed by atoms with Gasteiger partial charge >= 0.3 is 0 Å². The Bertz CT molecular complexity index is 641. The van der Waals surface area contributed by atoms with Gasteiger partial charge in [0.25, 0.3) is 5.91 Å². The van der Waals surface area contributed by atoms with Gasteiger partial charge in [-0.1, -0.05) is 22.0 Å². The van der Waals surface area contributed by atoms with Crippen molar-refractivity contribution in [2.24, 2.45) is 0 Å². The maximum Gasteiger partial charge on any atom is 0.259 e. The topological polar surface area (TPSA) is 38.3 Å². The highest BCUT2D eigenvalue weighted by atomic mass is 79.9. The van der Waals surface area contributed by atoms with E-state index in [0.29, 0.717) is 5.75 Å². The quantitative estimate of drug-likeness (QED) is 0.916. The number of hydrogen-bond donors (Lipinski definition) is 1. The molecule has 0 fully saturated rings. The third kappa shape index (κ3) is 2.96. The van der Waals surface area contributed by atoms with Gasteiger partial charge in [-0.05, 0) is 30.3 Å². The minimum Gasteiger partial charge on any atom is -0.496 e. The third-order valence-corrected chi connectivity index (χ3v) is 3.10. The molecule has 0 aliphatic heterocycles. The average molecular weight is 342 g/mol. The van der Waals surface area contributed by atoms with Crippen molar-refractivity contribution in [2.75, 3.05) is 12.4 Å². The molecule has 2 rings (SSSR count). The van der Waals surface area contributed by atoms with Crippen molar-refractivity contribution in [3.05, 3.63) is 58.1 Å². The number of amides is 1. The Hall–Kier alpha value is -1.95. The summed E-state index contributed by atoms with van der Waals surface area (Å²) in [5.41, 5.74) is -0.305. The standard InChI is InChI=1S/C14H10BrF2NO2/c1-20-12-7-8(15)5-6-9(12)14(19)18-13-10(16)3-2-4-11(13)17/h2-7H,1H3,(H,18,19). The maximum atomic E-state index is 13.5. The smallest absolute Gasteiger partial charge is 0.259 e. The molecule has 0 atom stereocenters. The summed E-state index contributed by atoms with van der Waals surface area (Å²) < 4.78 is 32.8. The lowest BCUT2D eigenvalue weighted by Crippen LogP contribution is -2.15. The molecule has 0 heterocycles. The number of methoxy groups -OCH3 is 1. The van der Waals surface area contributed by atoms with Gasteiger partial charge in [0.15, 0.2) is 0 Å². The Labute approximate surface area is 122 Å². The lowest BCUT2D eigenvalue weighted by Gasteiger charge is -2.10. The van der Waals surface area contributed by atoms with Crippen LogP contribution >= 0.6 is 15.9 Å². The van der Waals surface area contributed by atoms with E-state index in [4.69, 9.17) is 4.74 Å². The summed E-state index contributed by atoms with van der Waals surface area (Å²) in [5, 5.41) is 2.20. The number of benzene rings is 2. The first-order chi connectivity index (χ1) is 9.52. The number of nitrogens with one attached hydrogen (secondary N) is 1. The normalized spacial score (nSPS) is 10.2. The van der Waals surface area contributed by atoms with Crippen LogP contribution in [0, 0.1) is 11.6 Å². The van der Waals surface area contributed by atoms with Crippen LogP contribution < -0.4 is 10.1 Å². The van der Waals surface area contributed by atoms with Crippen molar-refractivity contribution in [1.82, 2.24) is 0 Å². The SMILES string of the molecule is COc1cc(Br)ccc1C(=O)Nc1c(F)cccc1F. The van der Waals surface area contributed by atoms with Gasteiger partial charge in [0.2, 0.25) is 0 Å². The Morgan fingerprint density at radius 1 is 1.20 bits per heavy atom. The van der Waals surface area contributed by atoms with E-state index in [1.165, 1.54) is 19.2 Å². The first kappa shape index (κ1) is 14.5. The van der Waals surface area contributed by atoms with E-state index in [1.807, 2.05) is 0 Å². The summed E-state index contributed by atoms with van der Waals surface area (Å²) in [4.78, 5) is 12.1. The predicted molar refractivity (Wildman–Crippen MR) is 75.0 cm³/mol. The van der Waals surface area contributed by atoms with Crippen molar-refractivity contribution < 1.29 is 18.3 Å². The molecule has 2 aromatic rings. The molecule has 2 aromatic carbocycles. The van der Waals surface area contributed by atoms with Gasteiger partial charge in [-0.15, -0.1) is 0 Å². The van der Waals surface area contributed by atoms with E-state index in [9.17, 15) is 13.6 Å². The van der Waals surface area contributed by atoms with E-state index in [0.717, 1.165) is 16.6 Å². The molecule has 1 N–H and O–H groups in total. The molecular formula is C14H10BrF2NO2. The maximum absolute atomic E-state index is 13.5. The summed E-state index contributed by atoms with van der Waals surface area (Å²) in [6.07, 6.45) is 0.